The van der Waals surface area contributed by atoms with Gasteiger partial charge in [0, 0.05) is 4.47 Å². The normalized spacial score (nSPS) is 9.27. The molecule has 0 heterocycles. The van der Waals surface area contributed by atoms with Gasteiger partial charge in [-0.25, -0.2) is 0 Å². The highest BCUT2D eigenvalue weighted by Crippen LogP contribution is 2.21. The van der Waals surface area contributed by atoms with E-state index in [2.05, 4.69) is 33.9 Å². The first-order chi connectivity index (χ1) is 5.20. The predicted octanol–water partition coefficient (Wildman–Crippen LogP) is 2.91. The van der Waals surface area contributed by atoms with Crippen molar-refractivity contribution in [3.63, 3.8) is 0 Å². The van der Waals surface area contributed by atoms with Crippen LogP contribution in [0.15, 0.2) is 28.7 Å². The maximum absolute atomic E-state index is 10.5. The van der Waals surface area contributed by atoms with Gasteiger partial charge in [0.1, 0.15) is 0 Å². The minimum absolute atomic E-state index is 0.364. The molecule has 0 unspecified atom stereocenters. The lowest BCUT2D eigenvalue weighted by atomic mass is 10.3. The second-order valence-corrected chi connectivity index (χ2v) is 3.17. The van der Waals surface area contributed by atoms with Crippen LogP contribution in [0.5, 0.6) is 0 Å². The lowest BCUT2D eigenvalue weighted by Gasteiger charge is -2.01. The lowest BCUT2D eigenvalue weighted by molar-refractivity contribution is 0.270. The van der Waals surface area contributed by atoms with Crippen molar-refractivity contribution in [1.82, 2.24) is 0 Å². The molecule has 1 rings (SSSR count). The molecule has 0 aliphatic rings. The summed E-state index contributed by atoms with van der Waals surface area (Å²) in [7, 11) is 0. The van der Waals surface area contributed by atoms with E-state index in [-0.39, 0.29) is 5.24 Å². The van der Waals surface area contributed by atoms with Gasteiger partial charge in [-0.3, -0.25) is 4.79 Å². The lowest BCUT2D eigenvalue weighted by Crippen LogP contribution is -2.01. The summed E-state index contributed by atoms with van der Waals surface area (Å²) in [6.07, 6.45) is 0. The molecule has 0 bridgehead atoms. The third-order valence-corrected chi connectivity index (χ3v) is 1.92. The summed E-state index contributed by atoms with van der Waals surface area (Å²) in [5.74, 6) is 0. The quantitative estimate of drug-likeness (QED) is 0.716. The van der Waals surface area contributed by atoms with E-state index in [9.17, 15) is 4.79 Å². The zero-order chi connectivity index (χ0) is 8.27. The Morgan fingerprint density at radius 2 is 2.09 bits per heavy atom. The van der Waals surface area contributed by atoms with Crippen LogP contribution < -0.4 is 5.32 Å². The first-order valence-corrected chi connectivity index (χ1v) is 4.18. The van der Waals surface area contributed by atoms with Gasteiger partial charge >= 0.3 is 0 Å². The van der Waals surface area contributed by atoms with E-state index in [1.165, 1.54) is 0 Å². The third kappa shape index (κ3) is 2.55. The number of halogens is 1. The van der Waals surface area contributed by atoms with E-state index in [4.69, 9.17) is 0 Å². The van der Waals surface area contributed by atoms with Crippen LogP contribution in [-0.4, -0.2) is 5.24 Å². The fraction of sp³-hybridized carbons (Fsp3) is 0. The molecule has 0 atom stereocenters. The highest BCUT2D eigenvalue weighted by molar-refractivity contribution is 9.10. The number of rotatable bonds is 1. The van der Waals surface area contributed by atoms with Crippen LogP contribution in [0.2, 0.25) is 0 Å². The number of para-hydroxylation sites is 1. The van der Waals surface area contributed by atoms with Crippen molar-refractivity contribution in [2.24, 2.45) is 0 Å². The summed E-state index contributed by atoms with van der Waals surface area (Å²) in [6, 6.07) is 7.35. The standard InChI is InChI=1S/C7H6BrNOS/c8-5-3-1-2-4-6(5)9-7(10)11/h1-4H,(H2,9,10,11). The van der Waals surface area contributed by atoms with Crippen molar-refractivity contribution in [1.29, 1.82) is 0 Å². The molecule has 1 aromatic rings. The zero-order valence-electron chi connectivity index (χ0n) is 5.54. The molecule has 2 nitrogen and oxygen atoms in total. The van der Waals surface area contributed by atoms with E-state index in [1.807, 2.05) is 18.2 Å². The number of hydrogen-bond acceptors (Lipinski definition) is 1. The molecule has 11 heavy (non-hydrogen) atoms. The molecule has 1 amide bonds. The van der Waals surface area contributed by atoms with Gasteiger partial charge in [0.2, 0.25) is 0 Å². The third-order valence-electron chi connectivity index (χ3n) is 1.12. The van der Waals surface area contributed by atoms with E-state index >= 15 is 0 Å². The maximum Gasteiger partial charge on any atom is 0.280 e. The maximum atomic E-state index is 10.5. The Hall–Kier alpha value is -0.480. The number of nitrogens with one attached hydrogen (secondary N) is 1. The Balaban J connectivity index is 2.86. The van der Waals surface area contributed by atoms with Crippen LogP contribution in [-0.2, 0) is 0 Å². The van der Waals surface area contributed by atoms with Crippen molar-refractivity contribution < 1.29 is 4.79 Å². The van der Waals surface area contributed by atoms with Gasteiger partial charge < -0.3 is 5.32 Å². The molecule has 0 aliphatic heterocycles. The Labute approximate surface area is 78.5 Å². The monoisotopic (exact) mass is 231 g/mol. The van der Waals surface area contributed by atoms with Crippen LogP contribution in [0.25, 0.3) is 0 Å². The van der Waals surface area contributed by atoms with Crippen LogP contribution in [0.4, 0.5) is 10.5 Å². The fourth-order valence-electron chi connectivity index (χ4n) is 0.678. The van der Waals surface area contributed by atoms with Crippen LogP contribution in [0, 0.1) is 0 Å². The average Bonchev–Trinajstić information content (AvgIpc) is 1.93. The van der Waals surface area contributed by atoms with Gasteiger partial charge in [0.15, 0.2) is 0 Å². The molecule has 0 saturated carbocycles. The summed E-state index contributed by atoms with van der Waals surface area (Å²) in [6.45, 7) is 0. The largest absolute Gasteiger partial charge is 0.316 e. The van der Waals surface area contributed by atoms with Gasteiger partial charge in [-0.05, 0) is 28.1 Å². The molecule has 0 aliphatic carbocycles. The zero-order valence-corrected chi connectivity index (χ0v) is 8.02. The first kappa shape index (κ1) is 8.62. The van der Waals surface area contributed by atoms with Crippen LogP contribution in [0.1, 0.15) is 0 Å². The summed E-state index contributed by atoms with van der Waals surface area (Å²) in [5.41, 5.74) is 0.729. The molecule has 0 saturated heterocycles. The average molecular weight is 232 g/mol. The van der Waals surface area contributed by atoms with E-state index in [0.717, 1.165) is 10.2 Å². The summed E-state index contributed by atoms with van der Waals surface area (Å²) in [4.78, 5) is 10.5. The van der Waals surface area contributed by atoms with Gasteiger partial charge in [-0.15, -0.1) is 0 Å². The molecule has 1 N–H and O–H groups in total. The Morgan fingerprint density at radius 1 is 1.45 bits per heavy atom. The van der Waals surface area contributed by atoms with E-state index < -0.39 is 0 Å². The Morgan fingerprint density at radius 3 is 2.64 bits per heavy atom. The van der Waals surface area contributed by atoms with Crippen molar-refractivity contribution >= 4 is 39.5 Å². The molecule has 0 fully saturated rings. The molecule has 4 heteroatoms. The minimum atomic E-state index is -0.364. The number of anilines is 1. The van der Waals surface area contributed by atoms with Crippen LogP contribution >= 0.6 is 28.6 Å². The molecule has 0 radical (unpaired) electrons. The number of benzene rings is 1. The highest BCUT2D eigenvalue weighted by atomic mass is 79.9. The number of hydrogen-bond donors (Lipinski definition) is 2. The molecule has 0 spiro atoms. The topological polar surface area (TPSA) is 29.1 Å². The molecule has 0 aromatic heterocycles. The SMILES string of the molecule is O=C(S)Nc1ccccc1Br. The fourth-order valence-corrected chi connectivity index (χ4v) is 1.18. The highest BCUT2D eigenvalue weighted by Gasteiger charge is 1.98. The Bertz CT molecular complexity index is 277. The minimum Gasteiger partial charge on any atom is -0.316 e. The molecule has 58 valence electrons. The van der Waals surface area contributed by atoms with Crippen molar-refractivity contribution in [3.05, 3.63) is 28.7 Å². The van der Waals surface area contributed by atoms with Gasteiger partial charge in [-0.1, -0.05) is 24.8 Å². The number of carbonyl (C=O) groups is 1. The van der Waals surface area contributed by atoms with Crippen molar-refractivity contribution in [3.8, 4) is 0 Å². The smallest absolute Gasteiger partial charge is 0.280 e. The molecular weight excluding hydrogens is 226 g/mol. The second kappa shape index (κ2) is 3.78. The van der Waals surface area contributed by atoms with Crippen molar-refractivity contribution in [2.45, 2.75) is 0 Å². The number of carbonyl (C=O) groups excluding carboxylic acids is 1. The first-order valence-electron chi connectivity index (χ1n) is 2.94. The second-order valence-electron chi connectivity index (χ2n) is 1.91. The van der Waals surface area contributed by atoms with E-state index in [0.29, 0.717) is 0 Å². The van der Waals surface area contributed by atoms with E-state index in [1.54, 1.807) is 6.07 Å². The molecule has 1 aromatic carbocycles. The van der Waals surface area contributed by atoms with Gasteiger partial charge in [0.25, 0.3) is 5.24 Å². The summed E-state index contributed by atoms with van der Waals surface area (Å²) < 4.78 is 0.849. The van der Waals surface area contributed by atoms with Gasteiger partial charge in [0.05, 0.1) is 5.69 Å². The summed E-state index contributed by atoms with van der Waals surface area (Å²) in [5, 5.41) is 2.19. The van der Waals surface area contributed by atoms with Crippen LogP contribution in [0.3, 0.4) is 0 Å². The Kier molecular flexibility index (Phi) is 2.96. The summed E-state index contributed by atoms with van der Waals surface area (Å²) >= 11 is 6.86. The molecular formula is C7H6BrNOS. The van der Waals surface area contributed by atoms with Crippen molar-refractivity contribution in [2.75, 3.05) is 5.32 Å². The number of amides is 1. The predicted molar refractivity (Wildman–Crippen MR) is 52.1 cm³/mol. The number of thiol groups is 1. The van der Waals surface area contributed by atoms with Gasteiger partial charge in [-0.2, -0.15) is 0 Å².